The molecule has 118 valence electrons. The van der Waals surface area contributed by atoms with Crippen molar-refractivity contribution in [1.82, 2.24) is 9.78 Å². The molecule has 0 radical (unpaired) electrons. The lowest BCUT2D eigenvalue weighted by atomic mass is 10.1. The number of aryl methyl sites for hydroxylation is 1. The number of hydrogen-bond donors (Lipinski definition) is 0. The number of nitrogens with zero attached hydrogens (tertiary/aromatic N) is 2. The van der Waals surface area contributed by atoms with Gasteiger partial charge in [0.25, 0.3) is 0 Å². The van der Waals surface area contributed by atoms with Gasteiger partial charge in [-0.05, 0) is 32.0 Å². The van der Waals surface area contributed by atoms with Crippen LogP contribution >= 0.6 is 11.6 Å². The van der Waals surface area contributed by atoms with Crippen molar-refractivity contribution in [3.05, 3.63) is 34.7 Å². The zero-order chi connectivity index (χ0) is 16.4. The summed E-state index contributed by atoms with van der Waals surface area (Å²) in [7, 11) is 2.85. The molecule has 0 unspecified atom stereocenters. The van der Waals surface area contributed by atoms with Crippen molar-refractivity contribution in [2.45, 2.75) is 20.0 Å². The van der Waals surface area contributed by atoms with E-state index in [0.29, 0.717) is 11.4 Å². The monoisotopic (exact) mass is 326 g/mol. The standard InChI is InChI=1S/C15H16ClFN2O3/c1-8(2)22-14-5-9(11(17)6-10(14)16)12-7-13(15(20)21-4)19(3)18-12/h5-8H,1-4H3. The second-order valence-electron chi connectivity index (χ2n) is 4.96. The number of aromatic nitrogens is 2. The fourth-order valence-electron chi connectivity index (χ4n) is 1.96. The van der Waals surface area contributed by atoms with Gasteiger partial charge in [0.1, 0.15) is 17.3 Å². The molecule has 0 aliphatic carbocycles. The molecule has 22 heavy (non-hydrogen) atoms. The number of rotatable bonds is 4. The maximum absolute atomic E-state index is 14.2. The van der Waals surface area contributed by atoms with E-state index in [4.69, 9.17) is 16.3 Å². The molecule has 0 amide bonds. The van der Waals surface area contributed by atoms with Gasteiger partial charge in [0.05, 0.1) is 23.9 Å². The number of hydrogen-bond acceptors (Lipinski definition) is 4. The highest BCUT2D eigenvalue weighted by molar-refractivity contribution is 6.32. The number of halogens is 2. The molecule has 0 atom stereocenters. The first-order valence-electron chi connectivity index (χ1n) is 6.62. The lowest BCUT2D eigenvalue weighted by molar-refractivity contribution is 0.0588. The Bertz CT molecular complexity index is 713. The minimum absolute atomic E-state index is 0.106. The summed E-state index contributed by atoms with van der Waals surface area (Å²) < 4.78 is 25.7. The van der Waals surface area contributed by atoms with E-state index in [2.05, 4.69) is 9.84 Å². The van der Waals surface area contributed by atoms with Crippen LogP contribution in [0.3, 0.4) is 0 Å². The number of carbonyl (C=O) groups is 1. The summed E-state index contributed by atoms with van der Waals surface area (Å²) in [5.74, 6) is -0.733. The Morgan fingerprint density at radius 1 is 1.36 bits per heavy atom. The minimum Gasteiger partial charge on any atom is -0.489 e. The zero-order valence-electron chi connectivity index (χ0n) is 12.7. The van der Waals surface area contributed by atoms with Gasteiger partial charge in [-0.15, -0.1) is 0 Å². The molecule has 0 N–H and O–H groups in total. The van der Waals surface area contributed by atoms with Crippen molar-refractivity contribution in [3.63, 3.8) is 0 Å². The molecule has 0 spiro atoms. The van der Waals surface area contributed by atoms with Crippen LogP contribution in [0.25, 0.3) is 11.3 Å². The SMILES string of the molecule is COC(=O)c1cc(-c2cc(OC(C)C)c(Cl)cc2F)nn1C. The molecule has 1 aromatic carbocycles. The van der Waals surface area contributed by atoms with Gasteiger partial charge in [-0.1, -0.05) is 11.6 Å². The van der Waals surface area contributed by atoms with E-state index in [0.717, 1.165) is 0 Å². The molecular weight excluding hydrogens is 311 g/mol. The van der Waals surface area contributed by atoms with E-state index in [1.165, 1.54) is 30.0 Å². The molecule has 1 aromatic heterocycles. The Kier molecular flexibility index (Phi) is 4.71. The van der Waals surface area contributed by atoms with E-state index < -0.39 is 11.8 Å². The molecule has 0 aliphatic heterocycles. The first kappa shape index (κ1) is 16.3. The quantitative estimate of drug-likeness (QED) is 0.807. The largest absolute Gasteiger partial charge is 0.489 e. The number of carbonyl (C=O) groups excluding carboxylic acids is 1. The van der Waals surface area contributed by atoms with Gasteiger partial charge >= 0.3 is 5.97 Å². The van der Waals surface area contributed by atoms with Crippen LogP contribution < -0.4 is 4.74 Å². The molecular formula is C15H16ClFN2O3. The van der Waals surface area contributed by atoms with Crippen LogP contribution in [0.1, 0.15) is 24.3 Å². The van der Waals surface area contributed by atoms with E-state index in [-0.39, 0.29) is 22.4 Å². The van der Waals surface area contributed by atoms with Crippen molar-refractivity contribution in [1.29, 1.82) is 0 Å². The van der Waals surface area contributed by atoms with Gasteiger partial charge in [-0.3, -0.25) is 4.68 Å². The smallest absolute Gasteiger partial charge is 0.356 e. The van der Waals surface area contributed by atoms with Crippen molar-refractivity contribution in [2.24, 2.45) is 7.05 Å². The number of ether oxygens (including phenoxy) is 2. The third-order valence-corrected chi connectivity index (χ3v) is 3.23. The summed E-state index contributed by atoms with van der Waals surface area (Å²) >= 11 is 5.98. The average Bonchev–Trinajstić information content (AvgIpc) is 2.82. The van der Waals surface area contributed by atoms with Crippen molar-refractivity contribution in [2.75, 3.05) is 7.11 Å². The van der Waals surface area contributed by atoms with Crippen LogP contribution in [0.15, 0.2) is 18.2 Å². The van der Waals surface area contributed by atoms with Crippen LogP contribution in [-0.4, -0.2) is 29.0 Å². The Labute approximate surface area is 132 Å². The van der Waals surface area contributed by atoms with Gasteiger partial charge in [-0.2, -0.15) is 5.10 Å². The normalized spacial score (nSPS) is 10.9. The van der Waals surface area contributed by atoms with Crippen LogP contribution in [0.2, 0.25) is 5.02 Å². The summed E-state index contributed by atoms with van der Waals surface area (Å²) in [5.41, 5.74) is 0.717. The lowest BCUT2D eigenvalue weighted by Gasteiger charge is -2.12. The van der Waals surface area contributed by atoms with Gasteiger partial charge in [0, 0.05) is 12.6 Å². The summed E-state index contributed by atoms with van der Waals surface area (Å²) in [6.45, 7) is 3.69. The summed E-state index contributed by atoms with van der Waals surface area (Å²) in [6.07, 6.45) is -0.106. The fourth-order valence-corrected chi connectivity index (χ4v) is 2.16. The van der Waals surface area contributed by atoms with E-state index in [9.17, 15) is 9.18 Å². The molecule has 0 aliphatic rings. The van der Waals surface area contributed by atoms with Gasteiger partial charge in [0.15, 0.2) is 0 Å². The molecule has 1 heterocycles. The topological polar surface area (TPSA) is 53.4 Å². The second kappa shape index (κ2) is 6.36. The molecule has 5 nitrogen and oxygen atoms in total. The molecule has 2 aromatic rings. The van der Waals surface area contributed by atoms with Crippen LogP contribution in [-0.2, 0) is 11.8 Å². The highest BCUT2D eigenvalue weighted by Crippen LogP contribution is 2.33. The molecule has 7 heteroatoms. The van der Waals surface area contributed by atoms with Crippen LogP contribution in [0.5, 0.6) is 5.75 Å². The molecule has 0 fully saturated rings. The Morgan fingerprint density at radius 3 is 2.64 bits per heavy atom. The maximum atomic E-state index is 14.2. The van der Waals surface area contributed by atoms with Crippen molar-refractivity contribution < 1.29 is 18.7 Å². The maximum Gasteiger partial charge on any atom is 0.356 e. The van der Waals surface area contributed by atoms with Crippen LogP contribution in [0, 0.1) is 5.82 Å². The lowest BCUT2D eigenvalue weighted by Crippen LogP contribution is -2.07. The van der Waals surface area contributed by atoms with E-state index in [1.54, 1.807) is 7.05 Å². The molecule has 0 bridgehead atoms. The van der Waals surface area contributed by atoms with Crippen molar-refractivity contribution in [3.8, 4) is 17.0 Å². The Balaban J connectivity index is 2.50. The molecule has 0 saturated carbocycles. The minimum atomic E-state index is -0.547. The van der Waals surface area contributed by atoms with E-state index in [1.807, 2.05) is 13.8 Å². The van der Waals surface area contributed by atoms with Gasteiger partial charge < -0.3 is 9.47 Å². The summed E-state index contributed by atoms with van der Waals surface area (Å²) in [5, 5.41) is 4.32. The highest BCUT2D eigenvalue weighted by atomic mass is 35.5. The Morgan fingerprint density at radius 2 is 2.05 bits per heavy atom. The predicted octanol–water partition coefficient (Wildman–Crippen LogP) is 3.45. The predicted molar refractivity (Wildman–Crippen MR) is 80.7 cm³/mol. The highest BCUT2D eigenvalue weighted by Gasteiger charge is 2.19. The van der Waals surface area contributed by atoms with Crippen molar-refractivity contribution >= 4 is 17.6 Å². The van der Waals surface area contributed by atoms with Crippen LogP contribution in [0.4, 0.5) is 4.39 Å². The fraction of sp³-hybridized carbons (Fsp3) is 0.333. The molecule has 2 rings (SSSR count). The van der Waals surface area contributed by atoms with Gasteiger partial charge in [-0.25, -0.2) is 9.18 Å². The molecule has 0 saturated heterocycles. The summed E-state index contributed by atoms with van der Waals surface area (Å²) in [4.78, 5) is 11.6. The second-order valence-corrected chi connectivity index (χ2v) is 5.37. The zero-order valence-corrected chi connectivity index (χ0v) is 13.4. The van der Waals surface area contributed by atoms with E-state index >= 15 is 0 Å². The number of esters is 1. The Hall–Kier alpha value is -2.08. The van der Waals surface area contributed by atoms with Gasteiger partial charge in [0.2, 0.25) is 0 Å². The summed E-state index contributed by atoms with van der Waals surface area (Å²) in [6, 6.07) is 4.10. The first-order valence-corrected chi connectivity index (χ1v) is 6.99. The first-order chi connectivity index (χ1) is 10.3. The third kappa shape index (κ3) is 3.22. The third-order valence-electron chi connectivity index (χ3n) is 2.93. The number of benzene rings is 1. The average molecular weight is 327 g/mol. The number of methoxy groups -OCH3 is 1.